The van der Waals surface area contributed by atoms with E-state index in [1.54, 1.807) is 0 Å². The Bertz CT molecular complexity index is 497. The highest BCUT2D eigenvalue weighted by Gasteiger charge is 2.18. The van der Waals surface area contributed by atoms with Gasteiger partial charge in [0.25, 0.3) is 0 Å². The summed E-state index contributed by atoms with van der Waals surface area (Å²) in [4.78, 5) is 0. The summed E-state index contributed by atoms with van der Waals surface area (Å²) in [6.07, 6.45) is 14.1. The summed E-state index contributed by atoms with van der Waals surface area (Å²) in [6, 6.07) is 6.21. The van der Waals surface area contributed by atoms with E-state index in [1.165, 1.54) is 31.2 Å². The van der Waals surface area contributed by atoms with E-state index in [4.69, 9.17) is 0 Å². The van der Waals surface area contributed by atoms with Crippen molar-refractivity contribution in [2.24, 2.45) is 5.92 Å². The molecule has 1 aliphatic rings. The molecule has 1 nitrogen and oxygen atoms in total. The molecule has 1 fully saturated rings. The molecule has 1 N–H and O–H groups in total. The minimum absolute atomic E-state index is 0.769. The maximum Gasteiger partial charge on any atom is 0.0846 e. The summed E-state index contributed by atoms with van der Waals surface area (Å²) in [5.41, 5.74) is 2.50. The summed E-state index contributed by atoms with van der Waals surface area (Å²) in [6.45, 7) is 5.76. The zero-order valence-electron chi connectivity index (χ0n) is 12.9. The molecule has 0 aromatic heterocycles. The molecule has 0 bridgehead atoms. The monoisotopic (exact) mass is 270 g/mol. The van der Waals surface area contributed by atoms with Crippen LogP contribution in [0.1, 0.15) is 56.2 Å². The molecule has 1 aliphatic carbocycles. The Morgan fingerprint density at radius 1 is 1.15 bits per heavy atom. The molecule has 0 spiro atoms. The SMILES string of the molecule is Cc1ccc(C(C)(C)O)c(C=C/C=C/C2CCCC2)c1. The van der Waals surface area contributed by atoms with E-state index in [9.17, 15) is 5.11 Å². The number of aliphatic hydroxyl groups is 1. The zero-order valence-corrected chi connectivity index (χ0v) is 12.9. The van der Waals surface area contributed by atoms with Gasteiger partial charge in [0.15, 0.2) is 0 Å². The van der Waals surface area contributed by atoms with Crippen molar-refractivity contribution in [3.05, 3.63) is 53.1 Å². The lowest BCUT2D eigenvalue weighted by Crippen LogP contribution is -2.17. The number of aryl methyl sites for hydroxylation is 1. The Hall–Kier alpha value is -1.34. The van der Waals surface area contributed by atoms with Crippen molar-refractivity contribution >= 4 is 6.08 Å². The van der Waals surface area contributed by atoms with Crippen LogP contribution in [0.4, 0.5) is 0 Å². The highest BCUT2D eigenvalue weighted by atomic mass is 16.3. The van der Waals surface area contributed by atoms with Crippen LogP contribution in [0.15, 0.2) is 36.4 Å². The van der Waals surface area contributed by atoms with E-state index in [2.05, 4.69) is 43.4 Å². The highest BCUT2D eigenvalue weighted by molar-refractivity contribution is 5.57. The van der Waals surface area contributed by atoms with Crippen LogP contribution in [0, 0.1) is 12.8 Å². The van der Waals surface area contributed by atoms with E-state index in [0.29, 0.717) is 0 Å². The summed E-state index contributed by atoms with van der Waals surface area (Å²) in [5.74, 6) is 0.769. The Labute approximate surface area is 123 Å². The van der Waals surface area contributed by atoms with Gasteiger partial charge in [0.05, 0.1) is 5.60 Å². The van der Waals surface area contributed by atoms with Crippen molar-refractivity contribution in [3.8, 4) is 0 Å². The lowest BCUT2D eigenvalue weighted by Gasteiger charge is -2.20. The fourth-order valence-corrected chi connectivity index (χ4v) is 2.91. The minimum Gasteiger partial charge on any atom is -0.386 e. The smallest absolute Gasteiger partial charge is 0.0846 e. The molecule has 0 atom stereocenters. The van der Waals surface area contributed by atoms with Gasteiger partial charge in [-0.25, -0.2) is 0 Å². The van der Waals surface area contributed by atoms with Gasteiger partial charge in [0.1, 0.15) is 0 Å². The molecule has 1 aromatic carbocycles. The van der Waals surface area contributed by atoms with E-state index in [1.807, 2.05) is 19.9 Å². The Morgan fingerprint density at radius 2 is 1.85 bits per heavy atom. The van der Waals surface area contributed by atoms with Crippen molar-refractivity contribution in [2.45, 2.75) is 52.1 Å². The van der Waals surface area contributed by atoms with Crippen molar-refractivity contribution in [2.75, 3.05) is 0 Å². The van der Waals surface area contributed by atoms with Gasteiger partial charge in [-0.15, -0.1) is 0 Å². The van der Waals surface area contributed by atoms with Crippen LogP contribution in [0.5, 0.6) is 0 Å². The average molecular weight is 270 g/mol. The molecule has 0 heterocycles. The molecule has 0 unspecified atom stereocenters. The largest absolute Gasteiger partial charge is 0.386 e. The molecule has 0 saturated heterocycles. The second-order valence-corrected chi connectivity index (χ2v) is 6.44. The zero-order chi connectivity index (χ0) is 14.6. The van der Waals surface area contributed by atoms with Gasteiger partial charge in [-0.3, -0.25) is 0 Å². The standard InChI is InChI=1S/C19H26O/c1-15-12-13-18(19(2,3)20)17(14-15)11-7-6-10-16-8-4-5-9-16/h6-7,10-14,16,20H,4-5,8-9H2,1-3H3/b10-6+,11-7?. The van der Waals surface area contributed by atoms with Crippen molar-refractivity contribution in [1.29, 1.82) is 0 Å². The minimum atomic E-state index is -0.803. The molecule has 1 aromatic rings. The van der Waals surface area contributed by atoms with E-state index < -0.39 is 5.60 Å². The number of allylic oxidation sites excluding steroid dienone is 3. The first-order valence-corrected chi connectivity index (χ1v) is 7.65. The third kappa shape index (κ3) is 4.08. The second kappa shape index (κ2) is 6.41. The first-order valence-electron chi connectivity index (χ1n) is 7.65. The Kier molecular flexibility index (Phi) is 4.82. The number of hydrogen-bond donors (Lipinski definition) is 1. The van der Waals surface area contributed by atoms with Crippen molar-refractivity contribution < 1.29 is 5.11 Å². The molecule has 108 valence electrons. The van der Waals surface area contributed by atoms with Gasteiger partial charge in [-0.05, 0) is 50.7 Å². The summed E-state index contributed by atoms with van der Waals surface area (Å²) in [7, 11) is 0. The molecule has 1 saturated carbocycles. The van der Waals surface area contributed by atoms with E-state index in [0.717, 1.165) is 17.0 Å². The van der Waals surface area contributed by atoms with Crippen LogP contribution in [0.25, 0.3) is 6.08 Å². The van der Waals surface area contributed by atoms with Crippen LogP contribution < -0.4 is 0 Å². The average Bonchev–Trinajstić information content (AvgIpc) is 2.86. The normalized spacial score (nSPS) is 17.6. The van der Waals surface area contributed by atoms with Crippen LogP contribution in [-0.2, 0) is 5.60 Å². The molecule has 0 radical (unpaired) electrons. The topological polar surface area (TPSA) is 20.2 Å². The number of benzene rings is 1. The predicted molar refractivity (Wildman–Crippen MR) is 86.6 cm³/mol. The van der Waals surface area contributed by atoms with Crippen LogP contribution in [-0.4, -0.2) is 5.11 Å². The third-order valence-corrected chi connectivity index (χ3v) is 4.04. The summed E-state index contributed by atoms with van der Waals surface area (Å²) in [5, 5.41) is 10.2. The van der Waals surface area contributed by atoms with Gasteiger partial charge in [-0.2, -0.15) is 0 Å². The Balaban J connectivity index is 2.13. The molecular formula is C19H26O. The lowest BCUT2D eigenvalue weighted by atomic mass is 9.91. The van der Waals surface area contributed by atoms with Crippen LogP contribution >= 0.6 is 0 Å². The molecule has 2 rings (SSSR count). The summed E-state index contributed by atoms with van der Waals surface area (Å²) < 4.78 is 0. The maximum atomic E-state index is 10.2. The van der Waals surface area contributed by atoms with Crippen LogP contribution in [0.3, 0.4) is 0 Å². The fourth-order valence-electron chi connectivity index (χ4n) is 2.91. The molecule has 20 heavy (non-hydrogen) atoms. The van der Waals surface area contributed by atoms with Gasteiger partial charge < -0.3 is 5.11 Å². The second-order valence-electron chi connectivity index (χ2n) is 6.44. The van der Waals surface area contributed by atoms with E-state index in [-0.39, 0.29) is 0 Å². The molecule has 0 aliphatic heterocycles. The van der Waals surface area contributed by atoms with Crippen LogP contribution in [0.2, 0.25) is 0 Å². The molecular weight excluding hydrogens is 244 g/mol. The van der Waals surface area contributed by atoms with Crippen molar-refractivity contribution in [3.63, 3.8) is 0 Å². The number of hydrogen-bond acceptors (Lipinski definition) is 1. The molecule has 1 heteroatoms. The first kappa shape index (κ1) is 15.1. The molecule has 0 amide bonds. The quantitative estimate of drug-likeness (QED) is 0.765. The Morgan fingerprint density at radius 3 is 2.50 bits per heavy atom. The van der Waals surface area contributed by atoms with Gasteiger partial charge in [-0.1, -0.05) is 60.9 Å². The predicted octanol–water partition coefficient (Wildman–Crippen LogP) is 4.98. The summed E-state index contributed by atoms with van der Waals surface area (Å²) >= 11 is 0. The maximum absolute atomic E-state index is 10.2. The first-order chi connectivity index (χ1) is 9.47. The fraction of sp³-hybridized carbons (Fsp3) is 0.474. The third-order valence-electron chi connectivity index (χ3n) is 4.04. The number of rotatable bonds is 4. The van der Waals surface area contributed by atoms with Gasteiger partial charge in [0.2, 0.25) is 0 Å². The highest BCUT2D eigenvalue weighted by Crippen LogP contribution is 2.27. The lowest BCUT2D eigenvalue weighted by molar-refractivity contribution is 0.0784. The van der Waals surface area contributed by atoms with Gasteiger partial charge >= 0.3 is 0 Å². The van der Waals surface area contributed by atoms with Crippen molar-refractivity contribution in [1.82, 2.24) is 0 Å². The van der Waals surface area contributed by atoms with Gasteiger partial charge in [0, 0.05) is 0 Å². The van der Waals surface area contributed by atoms with E-state index >= 15 is 0 Å².